The van der Waals surface area contributed by atoms with E-state index in [1.165, 1.54) is 29.5 Å². The maximum atomic E-state index is 15.0. The molecule has 356 valence electrons. The number of ether oxygens (including phenoxy) is 4. The fraction of sp³-hybridized carbons (Fsp3) is 0.532. The van der Waals surface area contributed by atoms with E-state index < -0.39 is 23.1 Å². The normalized spacial score (nSPS) is 21.2. The molecule has 8 rings (SSSR count). The van der Waals surface area contributed by atoms with Crippen molar-refractivity contribution in [3.63, 3.8) is 0 Å². The van der Waals surface area contributed by atoms with Gasteiger partial charge in [-0.3, -0.25) is 24.4 Å². The van der Waals surface area contributed by atoms with Crippen LogP contribution < -0.4 is 25.2 Å². The fourth-order valence-corrected chi connectivity index (χ4v) is 9.92. The zero-order chi connectivity index (χ0) is 46.4. The number of nitrogens with zero attached hydrogens (tertiary/aromatic N) is 6. The van der Waals surface area contributed by atoms with Gasteiger partial charge in [-0.15, -0.1) is 11.3 Å². The van der Waals surface area contributed by atoms with Gasteiger partial charge in [0.2, 0.25) is 17.6 Å². The van der Waals surface area contributed by atoms with E-state index in [4.69, 9.17) is 23.9 Å². The van der Waals surface area contributed by atoms with Gasteiger partial charge in [-0.05, 0) is 54.8 Å². The number of hydrogen-bond donors (Lipinski definition) is 3. The Kier molecular flexibility index (Phi) is 15.5. The summed E-state index contributed by atoms with van der Waals surface area (Å²) in [4.78, 5) is 45.7. The van der Waals surface area contributed by atoms with Crippen molar-refractivity contribution in [3.05, 3.63) is 87.8 Å². The molecule has 0 saturated carbocycles. The van der Waals surface area contributed by atoms with Gasteiger partial charge in [0.05, 0.1) is 75.6 Å². The van der Waals surface area contributed by atoms with Gasteiger partial charge in [0.15, 0.2) is 16.7 Å². The van der Waals surface area contributed by atoms with Crippen LogP contribution in [0.5, 0.6) is 5.75 Å². The summed E-state index contributed by atoms with van der Waals surface area (Å²) >= 11 is 1.42. The number of piperazine rings is 1. The topological polar surface area (TPSA) is 154 Å². The van der Waals surface area contributed by atoms with E-state index >= 15 is 4.39 Å². The van der Waals surface area contributed by atoms with Crippen molar-refractivity contribution in [3.8, 4) is 17.0 Å². The van der Waals surface area contributed by atoms with E-state index in [1.807, 2.05) is 24.8 Å². The second-order valence-corrected chi connectivity index (χ2v) is 18.7. The number of rotatable bonds is 17. The molecule has 4 aliphatic heterocycles. The summed E-state index contributed by atoms with van der Waals surface area (Å²) in [5, 5.41) is 19.4. The number of amides is 2. The van der Waals surface area contributed by atoms with Crippen molar-refractivity contribution in [2.75, 3.05) is 115 Å². The number of aromatic nitrogens is 2. The highest BCUT2D eigenvalue weighted by Crippen LogP contribution is 2.41. The van der Waals surface area contributed by atoms with E-state index in [1.54, 1.807) is 17.5 Å². The second kappa shape index (κ2) is 21.5. The fourth-order valence-electron chi connectivity index (χ4n) is 9.04. The first-order valence-electron chi connectivity index (χ1n) is 22.6. The van der Waals surface area contributed by atoms with Gasteiger partial charge >= 0.3 is 0 Å². The maximum Gasteiger partial charge on any atom is 0.241 e. The molecule has 0 bridgehead atoms. The summed E-state index contributed by atoms with van der Waals surface area (Å²) in [6, 6.07) is 10.2. The minimum absolute atomic E-state index is 0.0544. The molecule has 4 aromatic rings. The molecular weight excluding hydrogens is 878 g/mol. The average molecular weight is 937 g/mol. The standard InChI is InChI=1S/C47H59F3N8O7S/c1-30-23-57(25-41(60)58-29-47(2,3)44-39(58)21-32(37(26-59)53-44)20-31-4-6-33(48)7-5-31)34(22-52-30)24-56-13-17-64-27-40(56)45(61)51-10-14-62-18-19-65-43-35(8-9-36(49)42(43)50)38-28-66-46(54-38)55-11-15-63-16-12-55/h4-9,21,28,30,34,40,52,59H,10-20,22-27,29H2,1-3H3,(H,51,61)/t30-,34-,40+/m1/s1. The van der Waals surface area contributed by atoms with Crippen LogP contribution in [-0.2, 0) is 42.2 Å². The Bertz CT molecular complexity index is 2320. The molecule has 15 nitrogen and oxygen atoms in total. The minimum atomic E-state index is -1.10. The van der Waals surface area contributed by atoms with Crippen molar-refractivity contribution in [2.45, 2.75) is 57.3 Å². The van der Waals surface area contributed by atoms with Gasteiger partial charge < -0.3 is 44.5 Å². The summed E-state index contributed by atoms with van der Waals surface area (Å²) in [5.74, 6) is -2.95. The number of hydrogen-bond acceptors (Lipinski definition) is 14. The monoisotopic (exact) mass is 936 g/mol. The molecule has 3 fully saturated rings. The molecule has 0 aliphatic carbocycles. The third-order valence-electron chi connectivity index (χ3n) is 12.6. The van der Waals surface area contributed by atoms with Gasteiger partial charge in [-0.2, -0.15) is 4.39 Å². The lowest BCUT2D eigenvalue weighted by molar-refractivity contribution is -0.134. The number of nitrogens with one attached hydrogen (secondary N) is 2. The molecule has 6 heterocycles. The number of morpholine rings is 2. The van der Waals surface area contributed by atoms with Gasteiger partial charge in [0, 0.05) is 80.8 Å². The Morgan fingerprint density at radius 1 is 1.00 bits per heavy atom. The largest absolute Gasteiger partial charge is 0.487 e. The molecule has 66 heavy (non-hydrogen) atoms. The van der Waals surface area contributed by atoms with E-state index in [2.05, 4.69) is 37.2 Å². The van der Waals surface area contributed by atoms with Crippen LogP contribution in [-0.4, -0.2) is 160 Å². The third kappa shape index (κ3) is 11.2. The molecular formula is C47H59F3N8O7S. The van der Waals surface area contributed by atoms with E-state index in [-0.39, 0.29) is 81.6 Å². The van der Waals surface area contributed by atoms with E-state index in [0.717, 1.165) is 33.7 Å². The van der Waals surface area contributed by atoms with Crippen molar-refractivity contribution >= 4 is 34.0 Å². The first kappa shape index (κ1) is 47.8. The molecule has 0 spiro atoms. The van der Waals surface area contributed by atoms with Crippen LogP contribution >= 0.6 is 11.3 Å². The predicted molar refractivity (Wildman–Crippen MR) is 244 cm³/mol. The molecule has 0 radical (unpaired) electrons. The highest BCUT2D eigenvalue weighted by atomic mass is 32.1. The number of aliphatic hydroxyl groups excluding tert-OH is 1. The molecule has 3 saturated heterocycles. The first-order chi connectivity index (χ1) is 31.9. The van der Waals surface area contributed by atoms with Gasteiger partial charge in [-0.25, -0.2) is 13.8 Å². The van der Waals surface area contributed by atoms with Gasteiger partial charge in [0.25, 0.3) is 0 Å². The van der Waals surface area contributed by atoms with Crippen LogP contribution in [0, 0.1) is 17.5 Å². The number of halogens is 3. The molecule has 3 N–H and O–H groups in total. The molecule has 2 aromatic carbocycles. The highest BCUT2D eigenvalue weighted by Gasteiger charge is 2.42. The number of fused-ring (bicyclic) bond motifs is 1. The van der Waals surface area contributed by atoms with Gasteiger partial charge in [-0.1, -0.05) is 26.0 Å². The highest BCUT2D eigenvalue weighted by molar-refractivity contribution is 7.14. The number of carbonyl (C=O) groups is 2. The summed E-state index contributed by atoms with van der Waals surface area (Å²) in [7, 11) is 0. The lowest BCUT2D eigenvalue weighted by Crippen LogP contribution is -2.63. The Morgan fingerprint density at radius 3 is 2.58 bits per heavy atom. The van der Waals surface area contributed by atoms with E-state index in [0.29, 0.717) is 89.0 Å². The van der Waals surface area contributed by atoms with Crippen LogP contribution in [0.25, 0.3) is 11.3 Å². The van der Waals surface area contributed by atoms with Crippen LogP contribution in [0.3, 0.4) is 0 Å². The number of anilines is 2. The minimum Gasteiger partial charge on any atom is -0.487 e. The van der Waals surface area contributed by atoms with E-state index in [9.17, 15) is 23.5 Å². The molecule has 3 atom stereocenters. The summed E-state index contributed by atoms with van der Waals surface area (Å²) in [6.07, 6.45) is 0.430. The molecule has 2 amide bonds. The zero-order valence-corrected chi connectivity index (χ0v) is 38.5. The predicted octanol–water partition coefficient (Wildman–Crippen LogP) is 3.74. The smallest absolute Gasteiger partial charge is 0.241 e. The maximum absolute atomic E-state index is 15.0. The number of thiazole rings is 1. The lowest BCUT2D eigenvalue weighted by atomic mass is 9.90. The quantitative estimate of drug-likeness (QED) is 0.132. The van der Waals surface area contributed by atoms with Crippen molar-refractivity contribution in [2.24, 2.45) is 0 Å². The third-order valence-corrected chi connectivity index (χ3v) is 13.5. The van der Waals surface area contributed by atoms with Crippen LogP contribution in [0.15, 0.2) is 47.8 Å². The summed E-state index contributed by atoms with van der Waals surface area (Å²) in [5.41, 5.74) is 4.05. The molecule has 4 aliphatic rings. The van der Waals surface area contributed by atoms with Crippen LogP contribution in [0.4, 0.5) is 24.0 Å². The van der Waals surface area contributed by atoms with Crippen molar-refractivity contribution < 1.29 is 46.8 Å². The molecule has 0 unspecified atom stereocenters. The number of pyridine rings is 1. The Hall–Kier alpha value is -4.73. The first-order valence-corrected chi connectivity index (χ1v) is 23.5. The second-order valence-electron chi connectivity index (χ2n) is 17.9. The average Bonchev–Trinajstić information content (AvgIpc) is 3.91. The Labute approximate surface area is 387 Å². The Morgan fingerprint density at radius 2 is 1.79 bits per heavy atom. The van der Waals surface area contributed by atoms with Crippen LogP contribution in [0.1, 0.15) is 43.3 Å². The number of carbonyl (C=O) groups excluding carboxylic acids is 2. The zero-order valence-electron chi connectivity index (χ0n) is 37.7. The molecule has 19 heteroatoms. The van der Waals surface area contributed by atoms with Crippen molar-refractivity contribution in [1.29, 1.82) is 0 Å². The lowest BCUT2D eigenvalue weighted by Gasteiger charge is -2.44. The SMILES string of the molecule is C[C@@H]1CN(CC(=O)N2CC(C)(C)c3nc(CO)c(Cc4ccc(F)cc4)cc32)[C@@H](CN2CCOC[C@H]2C(=O)NCCOCCOc2c(-c3csc(N4CCOCC4)n3)ccc(F)c2F)CN1. The number of benzene rings is 2. The summed E-state index contributed by atoms with van der Waals surface area (Å²) in [6.45, 7) is 12.5. The molecule has 2 aromatic heterocycles. The van der Waals surface area contributed by atoms with Crippen LogP contribution in [0.2, 0.25) is 0 Å². The Balaban J connectivity index is 0.837. The van der Waals surface area contributed by atoms with Crippen molar-refractivity contribution in [1.82, 2.24) is 30.4 Å². The van der Waals surface area contributed by atoms with Gasteiger partial charge in [0.1, 0.15) is 18.5 Å². The number of aliphatic hydroxyl groups is 1. The summed E-state index contributed by atoms with van der Waals surface area (Å²) < 4.78 is 65.6.